The van der Waals surface area contributed by atoms with Crippen LogP contribution in [0, 0.1) is 0 Å². The van der Waals surface area contributed by atoms with E-state index in [-0.39, 0.29) is 5.91 Å². The molecule has 1 aromatic rings. The fourth-order valence-electron chi connectivity index (χ4n) is 2.74. The van der Waals surface area contributed by atoms with Crippen LogP contribution in [0.25, 0.3) is 0 Å². The summed E-state index contributed by atoms with van der Waals surface area (Å²) in [5.41, 5.74) is 6.21. The zero-order valence-electron chi connectivity index (χ0n) is 10.2. The summed E-state index contributed by atoms with van der Waals surface area (Å²) in [5, 5.41) is 0. The molecule has 0 radical (unpaired) electrons. The van der Waals surface area contributed by atoms with Crippen LogP contribution in [0.4, 0.5) is 0 Å². The Bertz CT molecular complexity index is 391. The lowest BCUT2D eigenvalue weighted by molar-refractivity contribution is -0.124. The molecule has 0 saturated heterocycles. The van der Waals surface area contributed by atoms with Crippen molar-refractivity contribution in [3.8, 4) is 5.75 Å². The lowest BCUT2D eigenvalue weighted by Gasteiger charge is -2.34. The molecule has 0 aliphatic heterocycles. The molecule has 1 aromatic carbocycles. The van der Waals surface area contributed by atoms with Crippen LogP contribution in [0.2, 0.25) is 0 Å². The number of hydrogen-bond acceptors (Lipinski definition) is 2. The molecule has 2 rings (SSSR count). The van der Waals surface area contributed by atoms with Crippen molar-refractivity contribution >= 4 is 5.91 Å². The van der Waals surface area contributed by atoms with Gasteiger partial charge in [-0.1, -0.05) is 31.4 Å². The van der Waals surface area contributed by atoms with Crippen LogP contribution in [0.15, 0.2) is 24.3 Å². The topological polar surface area (TPSA) is 52.3 Å². The quantitative estimate of drug-likeness (QED) is 0.871. The maximum Gasteiger partial charge on any atom is 0.228 e. The standard InChI is InChI=1S/C14H19NO2/c1-17-12-7-5-11(6-8-12)14(13(15)16)9-3-2-4-10-14/h5-8H,2-4,9-10H2,1H3,(H2,15,16). The average Bonchev–Trinajstić information content (AvgIpc) is 2.39. The Labute approximate surface area is 102 Å². The van der Waals surface area contributed by atoms with E-state index in [1.54, 1.807) is 7.11 Å². The van der Waals surface area contributed by atoms with Crippen molar-refractivity contribution in [1.82, 2.24) is 0 Å². The first-order chi connectivity index (χ1) is 8.19. The summed E-state index contributed by atoms with van der Waals surface area (Å²) in [6, 6.07) is 7.73. The Morgan fingerprint density at radius 3 is 2.24 bits per heavy atom. The zero-order chi connectivity index (χ0) is 12.3. The van der Waals surface area contributed by atoms with Crippen molar-refractivity contribution in [3.63, 3.8) is 0 Å². The molecule has 3 nitrogen and oxygen atoms in total. The smallest absolute Gasteiger partial charge is 0.228 e. The van der Waals surface area contributed by atoms with E-state index >= 15 is 0 Å². The van der Waals surface area contributed by atoms with Gasteiger partial charge in [-0.3, -0.25) is 4.79 Å². The Hall–Kier alpha value is -1.51. The SMILES string of the molecule is COc1ccc(C2(C(N)=O)CCCCC2)cc1. The minimum atomic E-state index is -0.454. The van der Waals surface area contributed by atoms with Crippen molar-refractivity contribution in [1.29, 1.82) is 0 Å². The van der Waals surface area contributed by atoms with Gasteiger partial charge in [0, 0.05) is 0 Å². The number of primary amides is 1. The third kappa shape index (κ3) is 2.14. The van der Waals surface area contributed by atoms with Crippen LogP contribution in [0.1, 0.15) is 37.7 Å². The number of methoxy groups -OCH3 is 1. The van der Waals surface area contributed by atoms with E-state index in [0.29, 0.717) is 0 Å². The molecular formula is C14H19NO2. The Morgan fingerprint density at radius 2 is 1.76 bits per heavy atom. The van der Waals surface area contributed by atoms with Gasteiger partial charge in [0.25, 0.3) is 0 Å². The molecule has 17 heavy (non-hydrogen) atoms. The van der Waals surface area contributed by atoms with Crippen molar-refractivity contribution < 1.29 is 9.53 Å². The molecule has 92 valence electrons. The maximum absolute atomic E-state index is 11.8. The van der Waals surface area contributed by atoms with Gasteiger partial charge in [-0.15, -0.1) is 0 Å². The number of ether oxygens (including phenoxy) is 1. The number of rotatable bonds is 3. The first kappa shape index (κ1) is 12.0. The molecule has 1 amide bonds. The molecular weight excluding hydrogens is 214 g/mol. The van der Waals surface area contributed by atoms with Gasteiger partial charge in [0.1, 0.15) is 5.75 Å². The van der Waals surface area contributed by atoms with Crippen molar-refractivity contribution in [2.75, 3.05) is 7.11 Å². The van der Waals surface area contributed by atoms with Crippen LogP contribution in [0.3, 0.4) is 0 Å². The van der Waals surface area contributed by atoms with E-state index in [1.807, 2.05) is 24.3 Å². The molecule has 1 aliphatic rings. The number of carbonyl (C=O) groups is 1. The summed E-state index contributed by atoms with van der Waals surface area (Å²) in [7, 11) is 1.64. The predicted octanol–water partition coefficient (Wildman–Crippen LogP) is 2.38. The van der Waals surface area contributed by atoms with Crippen molar-refractivity contribution in [3.05, 3.63) is 29.8 Å². The third-order valence-corrected chi connectivity index (χ3v) is 3.82. The van der Waals surface area contributed by atoms with Gasteiger partial charge in [-0.05, 0) is 30.5 Å². The first-order valence-electron chi connectivity index (χ1n) is 6.13. The van der Waals surface area contributed by atoms with Gasteiger partial charge in [0.05, 0.1) is 12.5 Å². The molecule has 0 spiro atoms. The second kappa shape index (κ2) is 4.78. The minimum Gasteiger partial charge on any atom is -0.497 e. The van der Waals surface area contributed by atoms with Gasteiger partial charge in [-0.2, -0.15) is 0 Å². The predicted molar refractivity (Wildman–Crippen MR) is 67.0 cm³/mol. The number of nitrogens with two attached hydrogens (primary N) is 1. The van der Waals surface area contributed by atoms with Crippen LogP contribution in [-0.4, -0.2) is 13.0 Å². The number of amides is 1. The number of hydrogen-bond donors (Lipinski definition) is 1. The lowest BCUT2D eigenvalue weighted by atomic mass is 9.69. The van der Waals surface area contributed by atoms with Crippen molar-refractivity contribution in [2.45, 2.75) is 37.5 Å². The maximum atomic E-state index is 11.8. The summed E-state index contributed by atoms with van der Waals surface area (Å²) < 4.78 is 5.13. The normalized spacial score (nSPS) is 18.6. The lowest BCUT2D eigenvalue weighted by Crippen LogP contribution is -2.42. The molecule has 0 aromatic heterocycles. The van der Waals surface area contributed by atoms with E-state index in [9.17, 15) is 4.79 Å². The molecule has 1 fully saturated rings. The molecule has 1 aliphatic carbocycles. The second-order valence-corrected chi connectivity index (χ2v) is 4.74. The zero-order valence-corrected chi connectivity index (χ0v) is 10.2. The van der Waals surface area contributed by atoms with E-state index in [4.69, 9.17) is 10.5 Å². The molecule has 0 heterocycles. The van der Waals surface area contributed by atoms with Gasteiger partial charge < -0.3 is 10.5 Å². The number of carbonyl (C=O) groups excluding carboxylic acids is 1. The van der Waals surface area contributed by atoms with Crippen LogP contribution < -0.4 is 10.5 Å². The monoisotopic (exact) mass is 233 g/mol. The van der Waals surface area contributed by atoms with E-state index in [2.05, 4.69) is 0 Å². The van der Waals surface area contributed by atoms with Gasteiger partial charge in [-0.25, -0.2) is 0 Å². The van der Waals surface area contributed by atoms with Gasteiger partial charge in [0.15, 0.2) is 0 Å². The summed E-state index contributed by atoms with van der Waals surface area (Å²) >= 11 is 0. The van der Waals surface area contributed by atoms with Gasteiger partial charge >= 0.3 is 0 Å². The Balaban J connectivity index is 2.34. The summed E-state index contributed by atoms with van der Waals surface area (Å²) in [4.78, 5) is 11.8. The van der Waals surface area contributed by atoms with E-state index in [0.717, 1.165) is 37.0 Å². The van der Waals surface area contributed by atoms with E-state index < -0.39 is 5.41 Å². The fraction of sp³-hybridized carbons (Fsp3) is 0.500. The van der Waals surface area contributed by atoms with Crippen LogP contribution >= 0.6 is 0 Å². The molecule has 0 unspecified atom stereocenters. The molecule has 2 N–H and O–H groups in total. The summed E-state index contributed by atoms with van der Waals surface area (Å²) in [6.45, 7) is 0. The summed E-state index contributed by atoms with van der Waals surface area (Å²) in [6.07, 6.45) is 5.10. The fourth-order valence-corrected chi connectivity index (χ4v) is 2.74. The van der Waals surface area contributed by atoms with Crippen molar-refractivity contribution in [2.24, 2.45) is 5.73 Å². The highest BCUT2D eigenvalue weighted by atomic mass is 16.5. The van der Waals surface area contributed by atoms with Crippen LogP contribution in [-0.2, 0) is 10.2 Å². The van der Waals surface area contributed by atoms with Crippen LogP contribution in [0.5, 0.6) is 5.75 Å². The Morgan fingerprint density at radius 1 is 1.18 bits per heavy atom. The molecule has 1 saturated carbocycles. The highest BCUT2D eigenvalue weighted by Gasteiger charge is 2.39. The average molecular weight is 233 g/mol. The highest BCUT2D eigenvalue weighted by molar-refractivity contribution is 5.86. The Kier molecular flexibility index (Phi) is 3.36. The molecule has 0 bridgehead atoms. The third-order valence-electron chi connectivity index (χ3n) is 3.82. The number of benzene rings is 1. The van der Waals surface area contributed by atoms with E-state index in [1.165, 1.54) is 6.42 Å². The first-order valence-corrected chi connectivity index (χ1v) is 6.13. The largest absolute Gasteiger partial charge is 0.497 e. The highest BCUT2D eigenvalue weighted by Crippen LogP contribution is 2.39. The van der Waals surface area contributed by atoms with Gasteiger partial charge in [0.2, 0.25) is 5.91 Å². The summed E-state index contributed by atoms with van der Waals surface area (Å²) in [5.74, 6) is 0.617. The second-order valence-electron chi connectivity index (χ2n) is 4.74. The minimum absolute atomic E-state index is 0.192. The molecule has 0 atom stereocenters. The molecule has 3 heteroatoms.